The van der Waals surface area contributed by atoms with E-state index in [1.54, 1.807) is 0 Å². The van der Waals surface area contributed by atoms with Crippen LogP contribution in [0.15, 0.2) is 30.3 Å². The SMILES string of the molecule is CC(C#N)CCC(=O)NCCc1ccccc1. The highest BCUT2D eigenvalue weighted by Crippen LogP contribution is 2.03. The topological polar surface area (TPSA) is 52.9 Å². The van der Waals surface area contributed by atoms with Gasteiger partial charge in [-0.25, -0.2) is 0 Å². The number of hydrogen-bond acceptors (Lipinski definition) is 2. The molecular formula is C14H18N2O. The van der Waals surface area contributed by atoms with Crippen LogP contribution in [0.25, 0.3) is 0 Å². The molecule has 1 atom stereocenters. The van der Waals surface area contributed by atoms with Gasteiger partial charge in [0.15, 0.2) is 0 Å². The molecule has 3 nitrogen and oxygen atoms in total. The lowest BCUT2D eigenvalue weighted by molar-refractivity contribution is -0.121. The van der Waals surface area contributed by atoms with Gasteiger partial charge < -0.3 is 5.32 Å². The van der Waals surface area contributed by atoms with Crippen molar-refractivity contribution < 1.29 is 4.79 Å². The Morgan fingerprint density at radius 2 is 2.12 bits per heavy atom. The second-order valence-electron chi connectivity index (χ2n) is 4.15. The Kier molecular flexibility index (Phi) is 5.81. The van der Waals surface area contributed by atoms with Crippen LogP contribution in [0.4, 0.5) is 0 Å². The van der Waals surface area contributed by atoms with Crippen molar-refractivity contribution >= 4 is 5.91 Å². The molecule has 0 saturated heterocycles. The van der Waals surface area contributed by atoms with Crippen molar-refractivity contribution in [2.45, 2.75) is 26.2 Å². The van der Waals surface area contributed by atoms with Crippen molar-refractivity contribution in [2.24, 2.45) is 5.92 Å². The monoisotopic (exact) mass is 230 g/mol. The first kappa shape index (κ1) is 13.2. The molecule has 0 saturated carbocycles. The van der Waals surface area contributed by atoms with Gasteiger partial charge in [0.1, 0.15) is 0 Å². The summed E-state index contributed by atoms with van der Waals surface area (Å²) in [6.45, 7) is 2.49. The molecule has 0 spiro atoms. The van der Waals surface area contributed by atoms with Crippen LogP contribution in [0, 0.1) is 17.2 Å². The van der Waals surface area contributed by atoms with Crippen LogP contribution < -0.4 is 5.32 Å². The Labute approximate surface area is 102 Å². The molecule has 0 bridgehead atoms. The highest BCUT2D eigenvalue weighted by atomic mass is 16.1. The molecule has 0 radical (unpaired) electrons. The van der Waals surface area contributed by atoms with Gasteiger partial charge in [-0.1, -0.05) is 30.3 Å². The third-order valence-electron chi connectivity index (χ3n) is 2.60. The zero-order valence-corrected chi connectivity index (χ0v) is 10.1. The molecule has 1 aromatic carbocycles. The second-order valence-corrected chi connectivity index (χ2v) is 4.15. The molecular weight excluding hydrogens is 212 g/mol. The molecule has 1 N–H and O–H groups in total. The number of carbonyl (C=O) groups is 1. The van der Waals surface area contributed by atoms with Crippen molar-refractivity contribution in [2.75, 3.05) is 6.54 Å². The molecule has 1 aromatic rings. The highest BCUT2D eigenvalue weighted by molar-refractivity contribution is 5.75. The summed E-state index contributed by atoms with van der Waals surface area (Å²) < 4.78 is 0. The zero-order valence-electron chi connectivity index (χ0n) is 10.1. The Morgan fingerprint density at radius 3 is 2.76 bits per heavy atom. The molecule has 17 heavy (non-hydrogen) atoms. The van der Waals surface area contributed by atoms with E-state index in [1.807, 2.05) is 37.3 Å². The van der Waals surface area contributed by atoms with E-state index in [0.717, 1.165) is 6.42 Å². The lowest BCUT2D eigenvalue weighted by atomic mass is 10.1. The number of carbonyl (C=O) groups excluding carboxylic acids is 1. The van der Waals surface area contributed by atoms with E-state index in [1.165, 1.54) is 5.56 Å². The van der Waals surface area contributed by atoms with Gasteiger partial charge >= 0.3 is 0 Å². The molecule has 1 amide bonds. The maximum Gasteiger partial charge on any atom is 0.220 e. The third kappa shape index (κ3) is 5.72. The van der Waals surface area contributed by atoms with Crippen molar-refractivity contribution in [1.82, 2.24) is 5.32 Å². The summed E-state index contributed by atoms with van der Waals surface area (Å²) >= 11 is 0. The molecule has 3 heteroatoms. The predicted octanol–water partition coefficient (Wildman–Crippen LogP) is 2.29. The maximum atomic E-state index is 11.4. The summed E-state index contributed by atoms with van der Waals surface area (Å²) in [7, 11) is 0. The van der Waals surface area contributed by atoms with Crippen molar-refractivity contribution in [3.63, 3.8) is 0 Å². The average Bonchev–Trinajstić information content (AvgIpc) is 2.37. The van der Waals surface area contributed by atoms with Crippen LogP contribution >= 0.6 is 0 Å². The Bertz CT molecular complexity index is 381. The summed E-state index contributed by atoms with van der Waals surface area (Å²) in [5.74, 6) is -0.0158. The molecule has 0 heterocycles. The Morgan fingerprint density at radius 1 is 1.41 bits per heavy atom. The van der Waals surface area contributed by atoms with Crippen molar-refractivity contribution in [1.29, 1.82) is 5.26 Å². The minimum Gasteiger partial charge on any atom is -0.356 e. The number of rotatable bonds is 6. The van der Waals surface area contributed by atoms with Gasteiger partial charge in [0.25, 0.3) is 0 Å². The van der Waals surface area contributed by atoms with Gasteiger partial charge in [0, 0.05) is 18.9 Å². The maximum absolute atomic E-state index is 11.4. The van der Waals surface area contributed by atoms with E-state index < -0.39 is 0 Å². The molecule has 0 aliphatic rings. The Balaban J connectivity index is 2.15. The molecule has 1 rings (SSSR count). The first-order valence-electron chi connectivity index (χ1n) is 5.92. The number of nitrogens with zero attached hydrogens (tertiary/aromatic N) is 1. The van der Waals surface area contributed by atoms with E-state index in [-0.39, 0.29) is 11.8 Å². The van der Waals surface area contributed by atoms with Crippen LogP contribution in [0.2, 0.25) is 0 Å². The van der Waals surface area contributed by atoms with E-state index in [4.69, 9.17) is 5.26 Å². The van der Waals surface area contributed by atoms with E-state index in [0.29, 0.717) is 19.4 Å². The number of benzene rings is 1. The molecule has 0 fully saturated rings. The van der Waals surface area contributed by atoms with Gasteiger partial charge in [0.05, 0.1) is 6.07 Å². The fourth-order valence-corrected chi connectivity index (χ4v) is 1.49. The molecule has 90 valence electrons. The van der Waals surface area contributed by atoms with Crippen LogP contribution in [0.3, 0.4) is 0 Å². The highest BCUT2D eigenvalue weighted by Gasteiger charge is 2.04. The smallest absolute Gasteiger partial charge is 0.220 e. The standard InChI is InChI=1S/C14H18N2O/c1-12(11-15)7-8-14(17)16-10-9-13-5-3-2-4-6-13/h2-6,12H,7-10H2,1H3,(H,16,17). The molecule has 0 aromatic heterocycles. The Hall–Kier alpha value is -1.82. The number of amides is 1. The fraction of sp³-hybridized carbons (Fsp3) is 0.429. The summed E-state index contributed by atoms with van der Waals surface area (Å²) in [5.41, 5.74) is 1.22. The summed E-state index contributed by atoms with van der Waals surface area (Å²) in [4.78, 5) is 11.4. The minimum absolute atomic E-state index is 0.0306. The summed E-state index contributed by atoms with van der Waals surface area (Å²) in [6.07, 6.45) is 1.91. The van der Waals surface area contributed by atoms with Gasteiger partial charge in [-0.2, -0.15) is 5.26 Å². The molecule has 1 unspecified atom stereocenters. The number of nitrogens with one attached hydrogen (secondary N) is 1. The van der Waals surface area contributed by atoms with Gasteiger partial charge in [-0.15, -0.1) is 0 Å². The first-order valence-corrected chi connectivity index (χ1v) is 5.92. The van der Waals surface area contributed by atoms with E-state index in [9.17, 15) is 4.79 Å². The fourth-order valence-electron chi connectivity index (χ4n) is 1.49. The largest absolute Gasteiger partial charge is 0.356 e. The summed E-state index contributed by atoms with van der Waals surface area (Å²) in [6, 6.07) is 12.2. The quantitative estimate of drug-likeness (QED) is 0.815. The van der Waals surface area contributed by atoms with Crippen LogP contribution in [-0.4, -0.2) is 12.5 Å². The summed E-state index contributed by atoms with van der Waals surface area (Å²) in [5, 5.41) is 11.5. The molecule has 0 aliphatic heterocycles. The van der Waals surface area contributed by atoms with Gasteiger partial charge in [0.2, 0.25) is 5.91 Å². The zero-order chi connectivity index (χ0) is 12.5. The van der Waals surface area contributed by atoms with Crippen molar-refractivity contribution in [3.05, 3.63) is 35.9 Å². The predicted molar refractivity (Wildman–Crippen MR) is 67.2 cm³/mol. The second kappa shape index (κ2) is 7.45. The number of hydrogen-bond donors (Lipinski definition) is 1. The minimum atomic E-state index is -0.0464. The molecule has 0 aliphatic carbocycles. The van der Waals surface area contributed by atoms with E-state index in [2.05, 4.69) is 11.4 Å². The van der Waals surface area contributed by atoms with E-state index >= 15 is 0 Å². The van der Waals surface area contributed by atoms with Gasteiger partial charge in [-0.3, -0.25) is 4.79 Å². The van der Waals surface area contributed by atoms with Crippen molar-refractivity contribution in [3.8, 4) is 6.07 Å². The first-order chi connectivity index (χ1) is 8.22. The lowest BCUT2D eigenvalue weighted by Crippen LogP contribution is -2.25. The van der Waals surface area contributed by atoms with Gasteiger partial charge in [-0.05, 0) is 25.3 Å². The third-order valence-corrected chi connectivity index (χ3v) is 2.60. The van der Waals surface area contributed by atoms with Crippen LogP contribution in [0.5, 0.6) is 0 Å². The normalized spacial score (nSPS) is 11.5. The van der Waals surface area contributed by atoms with Crippen LogP contribution in [0.1, 0.15) is 25.3 Å². The number of nitriles is 1. The lowest BCUT2D eigenvalue weighted by Gasteiger charge is -2.05. The van der Waals surface area contributed by atoms with Crippen LogP contribution in [-0.2, 0) is 11.2 Å². The average molecular weight is 230 g/mol.